The lowest BCUT2D eigenvalue weighted by Crippen LogP contribution is -2.56. The Kier molecular flexibility index (Phi) is 8.66. The van der Waals surface area contributed by atoms with E-state index in [9.17, 15) is 0 Å². The third kappa shape index (κ3) is 5.71. The highest BCUT2D eigenvalue weighted by Crippen LogP contribution is 2.46. The summed E-state index contributed by atoms with van der Waals surface area (Å²) in [5.41, 5.74) is 10.7. The van der Waals surface area contributed by atoms with Crippen molar-refractivity contribution in [2.24, 2.45) is 10.2 Å². The van der Waals surface area contributed by atoms with Crippen LogP contribution in [0.4, 0.5) is 22.7 Å². The summed E-state index contributed by atoms with van der Waals surface area (Å²) in [5, 5.41) is 15.0. The van der Waals surface area contributed by atoms with Gasteiger partial charge in [-0.3, -0.25) is 20.7 Å². The fourth-order valence-corrected chi connectivity index (χ4v) is 8.29. The number of para-hydroxylation sites is 4. The van der Waals surface area contributed by atoms with Crippen LogP contribution >= 0.6 is 45.1 Å². The lowest BCUT2D eigenvalue weighted by Gasteiger charge is -2.38. The van der Waals surface area contributed by atoms with Gasteiger partial charge in [0.1, 0.15) is 12.7 Å². The summed E-state index contributed by atoms with van der Waals surface area (Å²) in [6.07, 6.45) is 7.79. The van der Waals surface area contributed by atoms with Crippen molar-refractivity contribution in [1.29, 1.82) is 0 Å². The number of nitrogens with zero attached hydrogens (tertiary/aromatic N) is 4. The number of thioether (sulfide) groups is 2. The third-order valence-electron chi connectivity index (χ3n) is 6.72. The molecule has 0 radical (unpaired) electrons. The Morgan fingerprint density at radius 1 is 0.548 bits per heavy atom. The van der Waals surface area contributed by atoms with Gasteiger partial charge in [-0.15, -0.1) is 0 Å². The van der Waals surface area contributed by atoms with Crippen LogP contribution in [0, 0.1) is 0 Å². The van der Waals surface area contributed by atoms with Crippen LogP contribution in [0.15, 0.2) is 129 Å². The van der Waals surface area contributed by atoms with Crippen LogP contribution in [0.25, 0.3) is 0 Å². The van der Waals surface area contributed by atoms with Crippen molar-refractivity contribution in [2.75, 3.05) is 32.9 Å². The average Bonchev–Trinajstić information content (AvgIpc) is 3.67. The Balaban J connectivity index is 1.22. The van der Waals surface area contributed by atoms with Gasteiger partial charge < -0.3 is 10.6 Å². The quantitative estimate of drug-likeness (QED) is 0.0997. The Morgan fingerprint density at radius 2 is 0.929 bits per heavy atom. The standard InChI is InChI=1S/C30H30N8S4/c1-39-29(35-31-21-37(29)23-13-5-3-6-14-23)33-25-17-9-11-19-27(25)41-42-28-20-12-10-18-26(28)34-30(40-2)36-32-22-38(30)24-15-7-4-8-16-24/h3-22,33-36H,1-2H3. The first kappa shape index (κ1) is 28.5. The number of hydrogen-bond donors (Lipinski definition) is 4. The first-order valence-corrected chi connectivity index (χ1v) is 17.7. The van der Waals surface area contributed by atoms with E-state index in [1.165, 1.54) is 0 Å². The molecule has 0 spiro atoms. The summed E-state index contributed by atoms with van der Waals surface area (Å²) in [7, 11) is 3.42. The van der Waals surface area contributed by atoms with Crippen molar-refractivity contribution < 1.29 is 0 Å². The van der Waals surface area contributed by atoms with Crippen LogP contribution in [-0.2, 0) is 0 Å². The van der Waals surface area contributed by atoms with Crippen LogP contribution in [-0.4, -0.2) is 35.4 Å². The fraction of sp³-hybridized carbons (Fsp3) is 0.133. The smallest absolute Gasteiger partial charge is 0.258 e. The monoisotopic (exact) mass is 630 g/mol. The van der Waals surface area contributed by atoms with E-state index in [1.54, 1.807) is 45.1 Å². The van der Waals surface area contributed by atoms with Gasteiger partial charge in [0.15, 0.2) is 0 Å². The molecule has 42 heavy (non-hydrogen) atoms. The van der Waals surface area contributed by atoms with Gasteiger partial charge in [-0.05, 0) is 61.0 Å². The van der Waals surface area contributed by atoms with Crippen molar-refractivity contribution in [3.63, 3.8) is 0 Å². The molecule has 6 rings (SSSR count). The van der Waals surface area contributed by atoms with Crippen molar-refractivity contribution in [3.05, 3.63) is 109 Å². The molecule has 2 atom stereocenters. The number of hydrogen-bond acceptors (Lipinski definition) is 12. The fourth-order valence-electron chi connectivity index (χ4n) is 4.60. The number of anilines is 4. The predicted molar refractivity (Wildman–Crippen MR) is 185 cm³/mol. The highest BCUT2D eigenvalue weighted by molar-refractivity contribution is 8.76. The molecular weight excluding hydrogens is 601 g/mol. The SMILES string of the molecule is CSC1(Nc2ccccc2SSc2ccccc2NC2(SC)NN=CN2c2ccccc2)NN=CN1c1ccccc1. The Hall–Kier alpha value is -3.58. The molecule has 2 unspecified atom stereocenters. The van der Waals surface area contributed by atoms with Crippen molar-refractivity contribution in [3.8, 4) is 0 Å². The number of benzene rings is 4. The van der Waals surface area contributed by atoms with E-state index in [0.29, 0.717) is 0 Å². The molecule has 0 bridgehead atoms. The molecule has 4 aromatic carbocycles. The zero-order chi connectivity index (χ0) is 28.8. The Bertz CT molecular complexity index is 1440. The van der Waals surface area contributed by atoms with E-state index in [-0.39, 0.29) is 0 Å². The molecule has 4 aromatic rings. The maximum atomic E-state index is 4.41. The van der Waals surface area contributed by atoms with E-state index in [0.717, 1.165) is 32.5 Å². The van der Waals surface area contributed by atoms with Gasteiger partial charge in [-0.2, -0.15) is 10.2 Å². The van der Waals surface area contributed by atoms with E-state index in [2.05, 4.69) is 127 Å². The molecule has 214 valence electrons. The van der Waals surface area contributed by atoms with Crippen molar-refractivity contribution >= 4 is 80.5 Å². The summed E-state index contributed by atoms with van der Waals surface area (Å²) in [6, 6.07) is 37.2. The highest BCUT2D eigenvalue weighted by atomic mass is 33.1. The summed E-state index contributed by atoms with van der Waals surface area (Å²) in [4.78, 5) is 6.45. The van der Waals surface area contributed by atoms with Gasteiger partial charge in [0.25, 0.3) is 10.2 Å². The molecule has 12 heteroatoms. The minimum Gasteiger partial charge on any atom is -0.334 e. The van der Waals surface area contributed by atoms with Crippen LogP contribution in [0.5, 0.6) is 0 Å². The summed E-state index contributed by atoms with van der Waals surface area (Å²) < 4.78 is 0. The normalized spacial score (nSPS) is 20.8. The average molecular weight is 631 g/mol. The largest absolute Gasteiger partial charge is 0.334 e. The molecule has 2 aliphatic rings. The minimum atomic E-state index is -0.665. The third-order valence-corrected chi connectivity index (χ3v) is 11.2. The second-order valence-electron chi connectivity index (χ2n) is 9.23. The van der Waals surface area contributed by atoms with Gasteiger partial charge in [-0.1, -0.05) is 106 Å². The molecule has 0 amide bonds. The zero-order valence-corrected chi connectivity index (χ0v) is 26.2. The summed E-state index contributed by atoms with van der Waals surface area (Å²) in [6.45, 7) is 0. The number of nitrogens with one attached hydrogen (secondary N) is 4. The lowest BCUT2D eigenvalue weighted by atomic mass is 10.3. The van der Waals surface area contributed by atoms with E-state index in [1.807, 2.05) is 49.1 Å². The first-order valence-electron chi connectivity index (χ1n) is 13.2. The van der Waals surface area contributed by atoms with Crippen LogP contribution in [0.2, 0.25) is 0 Å². The topological polar surface area (TPSA) is 79.3 Å². The second-order valence-corrected chi connectivity index (χ2v) is 13.4. The van der Waals surface area contributed by atoms with Crippen LogP contribution in [0.3, 0.4) is 0 Å². The molecule has 0 fully saturated rings. The van der Waals surface area contributed by atoms with Gasteiger partial charge in [0.05, 0.1) is 11.4 Å². The Morgan fingerprint density at radius 3 is 1.33 bits per heavy atom. The molecule has 8 nitrogen and oxygen atoms in total. The maximum Gasteiger partial charge on any atom is 0.258 e. The molecule has 0 aromatic heterocycles. The van der Waals surface area contributed by atoms with Gasteiger partial charge >= 0.3 is 0 Å². The molecular formula is C30H30N8S4. The zero-order valence-electron chi connectivity index (χ0n) is 23.0. The van der Waals surface area contributed by atoms with E-state index in [4.69, 9.17) is 0 Å². The number of rotatable bonds is 11. The van der Waals surface area contributed by atoms with Crippen LogP contribution < -0.4 is 31.3 Å². The minimum absolute atomic E-state index is 0.665. The maximum absolute atomic E-state index is 4.41. The number of hydrazone groups is 2. The molecule has 2 heterocycles. The Labute approximate surface area is 262 Å². The molecule has 0 saturated carbocycles. The summed E-state index contributed by atoms with van der Waals surface area (Å²) in [5.74, 6) is 0. The first-order chi connectivity index (χ1) is 20.7. The van der Waals surface area contributed by atoms with Crippen LogP contribution in [0.1, 0.15) is 0 Å². The van der Waals surface area contributed by atoms with E-state index < -0.39 is 10.2 Å². The van der Waals surface area contributed by atoms with E-state index >= 15 is 0 Å². The second kappa shape index (κ2) is 12.7. The molecule has 4 N–H and O–H groups in total. The van der Waals surface area contributed by atoms with Crippen molar-refractivity contribution in [2.45, 2.75) is 20.0 Å². The molecule has 0 aliphatic carbocycles. The van der Waals surface area contributed by atoms with Gasteiger partial charge in [0, 0.05) is 21.2 Å². The van der Waals surface area contributed by atoms with Gasteiger partial charge in [-0.25, -0.2) is 0 Å². The van der Waals surface area contributed by atoms with Crippen molar-refractivity contribution in [1.82, 2.24) is 10.9 Å². The molecule has 0 saturated heterocycles. The molecule has 2 aliphatic heterocycles. The summed E-state index contributed by atoms with van der Waals surface area (Å²) >= 11 is 3.30. The lowest BCUT2D eigenvalue weighted by molar-refractivity contribution is 0.592. The van der Waals surface area contributed by atoms with Gasteiger partial charge in [0.2, 0.25) is 0 Å². The highest BCUT2D eigenvalue weighted by Gasteiger charge is 2.41. The predicted octanol–water partition coefficient (Wildman–Crippen LogP) is 7.36.